The van der Waals surface area contributed by atoms with Gasteiger partial charge in [-0.2, -0.15) is 0 Å². The van der Waals surface area contributed by atoms with Crippen molar-refractivity contribution in [2.24, 2.45) is 5.92 Å². The van der Waals surface area contributed by atoms with E-state index in [4.69, 9.17) is 4.42 Å². The van der Waals surface area contributed by atoms with Gasteiger partial charge in [-0.3, -0.25) is 14.2 Å². The quantitative estimate of drug-likeness (QED) is 0.612. The smallest absolute Gasteiger partial charge is 0.229 e. The molecule has 4 heterocycles. The third-order valence-corrected chi connectivity index (χ3v) is 4.76. The summed E-state index contributed by atoms with van der Waals surface area (Å²) >= 11 is 0. The number of hydrogen-bond acceptors (Lipinski definition) is 4. The fourth-order valence-corrected chi connectivity index (χ4v) is 3.34. The van der Waals surface area contributed by atoms with Gasteiger partial charge in [0.05, 0.1) is 6.26 Å². The molecular weight excluding hydrogens is 328 g/mol. The van der Waals surface area contributed by atoms with Crippen LogP contribution < -0.4 is 5.32 Å². The number of carbonyl (C=O) groups is 1. The molecule has 0 saturated heterocycles. The minimum atomic E-state index is -0.0688. The lowest BCUT2D eigenvalue weighted by Crippen LogP contribution is -2.16. The molecule has 4 aromatic rings. The van der Waals surface area contributed by atoms with Gasteiger partial charge in [-0.15, -0.1) is 0 Å². The maximum atomic E-state index is 12.8. The summed E-state index contributed by atoms with van der Waals surface area (Å²) in [6.45, 7) is 0. The normalized spacial score (nSPS) is 18.8. The first-order valence-electron chi connectivity index (χ1n) is 8.53. The van der Waals surface area contributed by atoms with Crippen LogP contribution >= 0.6 is 0 Å². The molecule has 1 aliphatic rings. The number of pyridine rings is 2. The molecule has 6 heteroatoms. The molecule has 5 rings (SSSR count). The Kier molecular flexibility index (Phi) is 3.35. The Balaban J connectivity index is 1.49. The molecule has 2 atom stereocenters. The molecule has 1 aliphatic carbocycles. The number of furan rings is 1. The van der Waals surface area contributed by atoms with Crippen LogP contribution in [0, 0.1) is 5.92 Å². The van der Waals surface area contributed by atoms with E-state index in [1.807, 2.05) is 53.1 Å². The van der Waals surface area contributed by atoms with Crippen molar-refractivity contribution in [1.82, 2.24) is 14.4 Å². The number of imidazole rings is 1. The van der Waals surface area contributed by atoms with Gasteiger partial charge in [-0.05, 0) is 42.8 Å². The molecule has 128 valence electrons. The molecule has 1 saturated carbocycles. The van der Waals surface area contributed by atoms with Gasteiger partial charge in [-0.1, -0.05) is 6.07 Å². The minimum Gasteiger partial charge on any atom is -0.469 e. The molecule has 1 fully saturated rings. The summed E-state index contributed by atoms with van der Waals surface area (Å²) in [5, 5.41) is 3.09. The van der Waals surface area contributed by atoms with E-state index in [9.17, 15) is 4.79 Å². The second kappa shape index (κ2) is 5.84. The highest BCUT2D eigenvalue weighted by Gasteiger charge is 2.46. The number of rotatable bonds is 4. The van der Waals surface area contributed by atoms with Crippen LogP contribution in [0.5, 0.6) is 0 Å². The number of nitrogens with zero attached hydrogens (tertiary/aromatic N) is 3. The number of hydrogen-bond donors (Lipinski definition) is 1. The Hall–Kier alpha value is -3.41. The van der Waals surface area contributed by atoms with Crippen LogP contribution in [0.3, 0.4) is 0 Å². The van der Waals surface area contributed by atoms with Gasteiger partial charge < -0.3 is 9.73 Å². The van der Waals surface area contributed by atoms with Crippen LogP contribution in [0.25, 0.3) is 16.9 Å². The van der Waals surface area contributed by atoms with E-state index in [1.165, 1.54) is 0 Å². The largest absolute Gasteiger partial charge is 0.469 e. The van der Waals surface area contributed by atoms with Gasteiger partial charge in [0.2, 0.25) is 5.91 Å². The average Bonchev–Trinajstić information content (AvgIpc) is 3.13. The van der Waals surface area contributed by atoms with E-state index < -0.39 is 0 Å². The Morgan fingerprint density at radius 2 is 2.04 bits per heavy atom. The van der Waals surface area contributed by atoms with E-state index in [0.717, 1.165) is 29.1 Å². The third-order valence-electron chi connectivity index (χ3n) is 4.76. The molecule has 0 aromatic carbocycles. The summed E-state index contributed by atoms with van der Waals surface area (Å²) in [5.41, 5.74) is 2.44. The standard InChI is InChI=1S/C20H16N4O2/c25-20(15-12-14(15)16-4-3-11-26-16)23-19-18(13-6-8-21-9-7-13)22-17-5-1-2-10-24(17)19/h1-11,14-15H,12H2,(H,23,25)/t14-,15+/m1/s1. The van der Waals surface area contributed by atoms with Gasteiger partial charge in [0.1, 0.15) is 22.9 Å². The fraction of sp³-hybridized carbons (Fsp3) is 0.150. The zero-order valence-electron chi connectivity index (χ0n) is 13.9. The molecule has 0 radical (unpaired) electrons. The van der Waals surface area contributed by atoms with E-state index in [-0.39, 0.29) is 17.7 Å². The first-order valence-corrected chi connectivity index (χ1v) is 8.53. The fourth-order valence-electron chi connectivity index (χ4n) is 3.34. The first kappa shape index (κ1) is 14.9. The summed E-state index contributed by atoms with van der Waals surface area (Å²) in [5.74, 6) is 1.64. The number of anilines is 1. The number of nitrogens with one attached hydrogen (secondary N) is 1. The SMILES string of the molecule is O=C(Nc1c(-c2ccncc2)nc2ccccn12)[C@H]1C[C@H]1c1ccco1. The predicted molar refractivity (Wildman–Crippen MR) is 96.6 cm³/mol. The second-order valence-corrected chi connectivity index (χ2v) is 6.43. The predicted octanol–water partition coefficient (Wildman–Crippen LogP) is 3.73. The molecule has 6 nitrogen and oxygen atoms in total. The van der Waals surface area contributed by atoms with Crippen LogP contribution in [0.2, 0.25) is 0 Å². The minimum absolute atomic E-state index is 0.00707. The Morgan fingerprint density at radius 3 is 2.85 bits per heavy atom. The highest BCUT2D eigenvalue weighted by molar-refractivity contribution is 5.98. The highest BCUT2D eigenvalue weighted by Crippen LogP contribution is 2.48. The van der Waals surface area contributed by atoms with Crippen molar-refractivity contribution >= 4 is 17.4 Å². The second-order valence-electron chi connectivity index (χ2n) is 6.43. The Bertz CT molecular complexity index is 1070. The van der Waals surface area contributed by atoms with Crippen molar-refractivity contribution in [3.8, 4) is 11.3 Å². The van der Waals surface area contributed by atoms with Gasteiger partial charge in [-0.25, -0.2) is 4.98 Å². The summed E-state index contributed by atoms with van der Waals surface area (Å²) < 4.78 is 7.33. The topological polar surface area (TPSA) is 72.4 Å². The molecule has 0 aliphatic heterocycles. The average molecular weight is 344 g/mol. The lowest BCUT2D eigenvalue weighted by Gasteiger charge is -2.07. The summed E-state index contributed by atoms with van der Waals surface area (Å²) in [7, 11) is 0. The molecule has 0 bridgehead atoms. The van der Waals surface area contributed by atoms with Gasteiger partial charge >= 0.3 is 0 Å². The van der Waals surface area contributed by atoms with E-state index >= 15 is 0 Å². The Labute approximate surface area is 149 Å². The monoisotopic (exact) mass is 344 g/mol. The maximum Gasteiger partial charge on any atom is 0.229 e. The number of amides is 1. The van der Waals surface area contributed by atoms with Crippen molar-refractivity contribution in [3.63, 3.8) is 0 Å². The molecule has 1 amide bonds. The van der Waals surface area contributed by atoms with Crippen molar-refractivity contribution in [1.29, 1.82) is 0 Å². The summed E-state index contributed by atoms with van der Waals surface area (Å²) in [4.78, 5) is 21.5. The van der Waals surface area contributed by atoms with Crippen molar-refractivity contribution in [3.05, 3.63) is 73.1 Å². The number of aromatic nitrogens is 3. The molecule has 1 N–H and O–H groups in total. The molecule has 0 unspecified atom stereocenters. The number of carbonyl (C=O) groups excluding carboxylic acids is 1. The van der Waals surface area contributed by atoms with E-state index in [0.29, 0.717) is 5.82 Å². The summed E-state index contributed by atoms with van der Waals surface area (Å²) in [6.07, 6.45) is 7.80. The van der Waals surface area contributed by atoms with Gasteiger partial charge in [0.25, 0.3) is 0 Å². The van der Waals surface area contributed by atoms with E-state index in [2.05, 4.69) is 15.3 Å². The first-order chi connectivity index (χ1) is 12.8. The van der Waals surface area contributed by atoms with Crippen LogP contribution in [-0.2, 0) is 4.79 Å². The zero-order valence-corrected chi connectivity index (χ0v) is 13.9. The van der Waals surface area contributed by atoms with Gasteiger partial charge in [0.15, 0.2) is 0 Å². The highest BCUT2D eigenvalue weighted by atomic mass is 16.3. The van der Waals surface area contributed by atoms with Crippen molar-refractivity contribution in [2.45, 2.75) is 12.3 Å². The lowest BCUT2D eigenvalue weighted by atomic mass is 10.2. The maximum absolute atomic E-state index is 12.8. The van der Waals surface area contributed by atoms with Crippen LogP contribution in [0.4, 0.5) is 5.82 Å². The van der Waals surface area contributed by atoms with Crippen molar-refractivity contribution in [2.75, 3.05) is 5.32 Å². The summed E-state index contributed by atoms with van der Waals surface area (Å²) in [6, 6.07) is 13.3. The lowest BCUT2D eigenvalue weighted by molar-refractivity contribution is -0.117. The van der Waals surface area contributed by atoms with Crippen LogP contribution in [0.15, 0.2) is 71.7 Å². The Morgan fingerprint density at radius 1 is 1.15 bits per heavy atom. The third kappa shape index (κ3) is 2.47. The van der Waals surface area contributed by atoms with E-state index in [1.54, 1.807) is 18.7 Å². The van der Waals surface area contributed by atoms with Crippen LogP contribution in [0.1, 0.15) is 18.1 Å². The molecule has 26 heavy (non-hydrogen) atoms. The molecular formula is C20H16N4O2. The zero-order chi connectivity index (χ0) is 17.5. The van der Waals surface area contributed by atoms with Crippen molar-refractivity contribution < 1.29 is 9.21 Å². The van der Waals surface area contributed by atoms with Gasteiger partial charge in [0, 0.05) is 36.0 Å². The molecule has 4 aromatic heterocycles. The van der Waals surface area contributed by atoms with Crippen LogP contribution in [-0.4, -0.2) is 20.3 Å². The number of fused-ring (bicyclic) bond motifs is 1. The molecule has 0 spiro atoms.